The second-order valence-electron chi connectivity index (χ2n) is 5.60. The molecule has 0 spiro atoms. The molecular formula is C16H22O11. The summed E-state index contributed by atoms with van der Waals surface area (Å²) in [6.45, 7) is 1.25. The highest BCUT2D eigenvalue weighted by Gasteiger charge is 2.44. The number of hydrogen-bond acceptors (Lipinski definition) is 9. The van der Waals surface area contributed by atoms with E-state index in [1.807, 2.05) is 0 Å². The monoisotopic (exact) mass is 390 g/mol. The Hall–Kier alpha value is -2.76. The van der Waals surface area contributed by atoms with E-state index in [0.29, 0.717) is 0 Å². The van der Waals surface area contributed by atoms with Crippen LogP contribution in [0.4, 0.5) is 0 Å². The Morgan fingerprint density at radius 1 is 0.741 bits per heavy atom. The molecule has 2 atom stereocenters. The molecule has 0 saturated heterocycles. The first-order valence-electron chi connectivity index (χ1n) is 7.47. The number of ether oxygens (including phenoxy) is 3. The molecule has 0 aliphatic carbocycles. The number of rotatable bonds is 14. The van der Waals surface area contributed by atoms with Gasteiger partial charge >= 0.3 is 23.9 Å². The van der Waals surface area contributed by atoms with E-state index in [1.54, 1.807) is 0 Å². The van der Waals surface area contributed by atoms with Gasteiger partial charge in [-0.15, -0.1) is 0 Å². The fourth-order valence-electron chi connectivity index (χ4n) is 1.63. The van der Waals surface area contributed by atoms with Crippen molar-refractivity contribution < 1.29 is 53.8 Å². The molecule has 11 heteroatoms. The number of carbonyl (C=O) groups is 4. The predicted molar refractivity (Wildman–Crippen MR) is 87.4 cm³/mol. The third-order valence-electron chi connectivity index (χ3n) is 3.58. The summed E-state index contributed by atoms with van der Waals surface area (Å²) in [5.41, 5.74) is -4.15. The fourth-order valence-corrected chi connectivity index (χ4v) is 1.63. The van der Waals surface area contributed by atoms with Gasteiger partial charge in [-0.25, -0.2) is 9.59 Å². The largest absolute Gasteiger partial charge is 0.481 e. The summed E-state index contributed by atoms with van der Waals surface area (Å²) in [5, 5.41) is 37.4. The van der Waals surface area contributed by atoms with Gasteiger partial charge in [0, 0.05) is 12.2 Å². The molecule has 4 N–H and O–H groups in total. The van der Waals surface area contributed by atoms with Crippen molar-refractivity contribution in [3.8, 4) is 0 Å². The lowest BCUT2D eigenvalue weighted by molar-refractivity contribution is -0.173. The van der Waals surface area contributed by atoms with E-state index in [2.05, 4.69) is 22.6 Å². The van der Waals surface area contributed by atoms with Crippen molar-refractivity contribution in [1.82, 2.24) is 0 Å². The van der Waals surface area contributed by atoms with Crippen molar-refractivity contribution in [1.29, 1.82) is 0 Å². The average molecular weight is 390 g/mol. The number of aliphatic carboxylic acids is 2. The summed E-state index contributed by atoms with van der Waals surface area (Å²) in [7, 11) is 0. The van der Waals surface area contributed by atoms with Crippen molar-refractivity contribution in [2.45, 2.75) is 0 Å². The summed E-state index contributed by atoms with van der Waals surface area (Å²) in [6.07, 6.45) is 1.58. The topological polar surface area (TPSA) is 177 Å². The van der Waals surface area contributed by atoms with Gasteiger partial charge in [0.15, 0.2) is 0 Å². The molecule has 152 valence electrons. The Morgan fingerprint density at radius 2 is 1.07 bits per heavy atom. The van der Waals surface area contributed by atoms with Crippen LogP contribution in [0.25, 0.3) is 0 Å². The van der Waals surface area contributed by atoms with Crippen molar-refractivity contribution >= 4 is 23.9 Å². The molecule has 0 aromatic rings. The Bertz CT molecular complexity index is 535. The molecule has 27 heavy (non-hydrogen) atoms. The van der Waals surface area contributed by atoms with Crippen LogP contribution in [0.5, 0.6) is 0 Å². The van der Waals surface area contributed by atoms with Gasteiger partial charge < -0.3 is 34.6 Å². The fraction of sp³-hybridized carbons (Fsp3) is 0.500. The van der Waals surface area contributed by atoms with Crippen LogP contribution < -0.4 is 0 Å². The molecule has 0 fully saturated rings. The first-order chi connectivity index (χ1) is 12.6. The Kier molecular flexibility index (Phi) is 9.93. The summed E-state index contributed by atoms with van der Waals surface area (Å²) < 4.78 is 14.4. The lowest BCUT2D eigenvalue weighted by Crippen LogP contribution is -2.48. The van der Waals surface area contributed by atoms with Crippen molar-refractivity contribution in [2.24, 2.45) is 10.8 Å². The molecule has 0 saturated carbocycles. The number of aliphatic hydroxyl groups is 2. The number of carbonyl (C=O) groups excluding carboxylic acids is 2. The molecule has 0 aromatic heterocycles. The van der Waals surface area contributed by atoms with Crippen LogP contribution in [0, 0.1) is 10.8 Å². The van der Waals surface area contributed by atoms with E-state index in [0.717, 1.165) is 12.2 Å². The van der Waals surface area contributed by atoms with E-state index in [1.165, 1.54) is 0 Å². The van der Waals surface area contributed by atoms with E-state index >= 15 is 0 Å². The molecule has 11 nitrogen and oxygen atoms in total. The van der Waals surface area contributed by atoms with Gasteiger partial charge in [0.2, 0.25) is 0 Å². The summed E-state index contributed by atoms with van der Waals surface area (Å²) in [4.78, 5) is 45.2. The maximum Gasteiger partial charge on any atom is 0.330 e. The minimum absolute atomic E-state index is 0.756. The van der Waals surface area contributed by atoms with Crippen LogP contribution in [0.2, 0.25) is 0 Å². The van der Waals surface area contributed by atoms with Crippen LogP contribution in [-0.4, -0.2) is 83.9 Å². The van der Waals surface area contributed by atoms with E-state index in [9.17, 15) is 39.6 Å². The molecule has 0 heterocycles. The summed E-state index contributed by atoms with van der Waals surface area (Å²) in [5.74, 6) is -4.99. The van der Waals surface area contributed by atoms with E-state index in [-0.39, 0.29) is 0 Å². The molecule has 0 aliphatic rings. The van der Waals surface area contributed by atoms with Crippen LogP contribution in [-0.2, 0) is 33.4 Å². The SMILES string of the molecule is C=CC(=O)OCC(CO)(COCC(CO)(COC(=O)C=C)C(=O)O)C(=O)O. The molecule has 0 aromatic carbocycles. The minimum atomic E-state index is -2.07. The molecule has 0 radical (unpaired) electrons. The molecular weight excluding hydrogens is 368 g/mol. The van der Waals surface area contributed by atoms with Crippen LogP contribution in [0.3, 0.4) is 0 Å². The second-order valence-corrected chi connectivity index (χ2v) is 5.60. The molecule has 0 bridgehead atoms. The van der Waals surface area contributed by atoms with Gasteiger partial charge in [-0.05, 0) is 0 Å². The van der Waals surface area contributed by atoms with Gasteiger partial charge in [-0.1, -0.05) is 13.2 Å². The summed E-state index contributed by atoms with van der Waals surface area (Å²) >= 11 is 0. The molecule has 0 amide bonds. The third kappa shape index (κ3) is 6.81. The normalized spacial score (nSPS) is 14.9. The van der Waals surface area contributed by atoms with Gasteiger partial charge in [0.05, 0.1) is 26.4 Å². The first-order valence-corrected chi connectivity index (χ1v) is 7.47. The quantitative estimate of drug-likeness (QED) is 0.202. The van der Waals surface area contributed by atoms with Crippen molar-refractivity contribution in [3.05, 3.63) is 25.3 Å². The minimum Gasteiger partial charge on any atom is -0.481 e. The zero-order valence-corrected chi connectivity index (χ0v) is 14.5. The molecule has 2 unspecified atom stereocenters. The lowest BCUT2D eigenvalue weighted by atomic mass is 9.89. The zero-order valence-electron chi connectivity index (χ0n) is 14.5. The van der Waals surface area contributed by atoms with Gasteiger partial charge in [-0.2, -0.15) is 0 Å². The Morgan fingerprint density at radius 3 is 1.30 bits per heavy atom. The lowest BCUT2D eigenvalue weighted by Gasteiger charge is -2.30. The number of hydrogen-bond donors (Lipinski definition) is 4. The number of carboxylic acids is 2. The standard InChI is InChI=1S/C16H22O11/c1-3-11(19)26-9-15(5-17,13(21)22)7-25-8-16(6-18,14(23)24)10-27-12(20)4-2/h3-4,17-18H,1-2,5-10H2,(H,21,22)(H,23,24). The van der Waals surface area contributed by atoms with Gasteiger partial charge in [0.25, 0.3) is 0 Å². The van der Waals surface area contributed by atoms with Gasteiger partial charge in [-0.3, -0.25) is 9.59 Å². The number of aliphatic hydroxyl groups excluding tert-OH is 2. The van der Waals surface area contributed by atoms with Gasteiger partial charge in [0.1, 0.15) is 24.0 Å². The molecule has 0 rings (SSSR count). The predicted octanol–water partition coefficient (Wildman–Crippen LogP) is -1.41. The van der Waals surface area contributed by atoms with Crippen LogP contribution in [0.1, 0.15) is 0 Å². The maximum atomic E-state index is 11.5. The average Bonchev–Trinajstić information content (AvgIpc) is 2.65. The van der Waals surface area contributed by atoms with Crippen molar-refractivity contribution in [3.63, 3.8) is 0 Å². The third-order valence-corrected chi connectivity index (χ3v) is 3.58. The highest BCUT2D eigenvalue weighted by molar-refractivity contribution is 5.82. The number of carboxylic acid groups (broad SMARTS) is 2. The second kappa shape index (κ2) is 11.1. The smallest absolute Gasteiger partial charge is 0.330 e. The highest BCUT2D eigenvalue weighted by atomic mass is 16.5. The van der Waals surface area contributed by atoms with E-state index in [4.69, 9.17) is 4.74 Å². The maximum absolute atomic E-state index is 11.5. The number of esters is 2. The first kappa shape index (κ1) is 24.2. The van der Waals surface area contributed by atoms with Crippen molar-refractivity contribution in [2.75, 3.05) is 39.6 Å². The highest BCUT2D eigenvalue weighted by Crippen LogP contribution is 2.23. The summed E-state index contributed by atoms with van der Waals surface area (Å²) in [6, 6.07) is 0. The molecule has 0 aliphatic heterocycles. The van der Waals surface area contributed by atoms with Crippen LogP contribution in [0.15, 0.2) is 25.3 Å². The Labute approximate surface area is 154 Å². The zero-order chi connectivity index (χ0) is 21.1. The Balaban J connectivity index is 5.19. The van der Waals surface area contributed by atoms with Crippen LogP contribution >= 0.6 is 0 Å². The van der Waals surface area contributed by atoms with E-state index < -0.39 is 74.3 Å².